The van der Waals surface area contributed by atoms with Crippen molar-refractivity contribution >= 4 is 70.9 Å². The summed E-state index contributed by atoms with van der Waals surface area (Å²) < 4.78 is 0. The number of phenols is 1. The molecule has 15 N–H and O–H groups in total. The number of hydrogen-bond acceptors (Lipinski definition) is 13. The van der Waals surface area contributed by atoms with Crippen LogP contribution in [0.2, 0.25) is 0 Å². The van der Waals surface area contributed by atoms with Gasteiger partial charge in [0.25, 0.3) is 0 Å². The van der Waals surface area contributed by atoms with E-state index in [9.17, 15) is 62.6 Å². The Bertz CT molecular complexity index is 2130. The summed E-state index contributed by atoms with van der Waals surface area (Å²) >= 11 is 0. The van der Waals surface area contributed by atoms with Crippen LogP contribution in [0.4, 0.5) is 0 Å². The van der Waals surface area contributed by atoms with Crippen molar-refractivity contribution in [2.45, 2.75) is 141 Å². The summed E-state index contributed by atoms with van der Waals surface area (Å²) in [5, 5.41) is 29.8. The average molecular weight is 985 g/mol. The van der Waals surface area contributed by atoms with Crippen LogP contribution < -0.4 is 59.7 Å². The Morgan fingerprint density at radius 3 is 2.00 bits per heavy atom. The molecule has 0 bridgehead atoms. The Hall–Kier alpha value is -7.34. The van der Waals surface area contributed by atoms with Crippen LogP contribution in [0.3, 0.4) is 0 Å². The molecule has 0 unspecified atom stereocenters. The number of nitrogens with two attached hydrogens (primary N) is 3. The molecule has 0 spiro atoms. The molecule has 3 rings (SSSR count). The average Bonchev–Trinajstić information content (AvgIpc) is 3.78. The van der Waals surface area contributed by atoms with E-state index in [1.54, 1.807) is 13.8 Å². The molecular weight excluding hydrogens is 917 g/mol. The van der Waals surface area contributed by atoms with E-state index in [-0.39, 0.29) is 38.0 Å². The molecule has 0 aliphatic carbocycles. The second-order valence-corrected chi connectivity index (χ2v) is 18.7. The zero-order valence-electron chi connectivity index (χ0n) is 40.1. The Balaban J connectivity index is 2.06. The van der Waals surface area contributed by atoms with Crippen molar-refractivity contribution < 1.29 is 62.6 Å². The first kappa shape index (κ1) is 57.0. The summed E-state index contributed by atoms with van der Waals surface area (Å²) in [6, 6.07) is -4.48. The predicted octanol–water partition coefficient (Wildman–Crippen LogP) is -4.03. The first-order valence-corrected chi connectivity index (χ1v) is 23.1. The monoisotopic (exact) mass is 985 g/mol. The van der Waals surface area contributed by atoms with E-state index in [4.69, 9.17) is 17.2 Å². The van der Waals surface area contributed by atoms with Gasteiger partial charge in [-0.15, -0.1) is 0 Å². The molecule has 0 saturated carbocycles. The van der Waals surface area contributed by atoms with Gasteiger partial charge in [-0.05, 0) is 54.7 Å². The van der Waals surface area contributed by atoms with Gasteiger partial charge in [0, 0.05) is 38.8 Å². The quantitative estimate of drug-likeness (QED) is 0.0752. The predicted molar refractivity (Wildman–Crippen MR) is 248 cm³/mol. The standard InChI is InChI=1S/C45H68N12O13/c1-6-23(2)37-43(69)52-26(13-14-32(46)59)39(65)53-28(19-33(47)60)40(66)55-30(21-49-35(62)15-16-36(63)51-27(41(67)56-37)18-24-9-11-25(58)12-10-24)44(70)57-17-7-8-31(57)42(68)54-29(20-45(3,4)5)38(64)50-22-34(48)61/h9-12,23,26-31,37,58H,6-8,13-22H2,1-5H3,(H2,46,59)(H2,47,60)(H2,48,61)(H,49,62)(H,50,64)(H,51,63)(H,52,69)(H,53,65)(H,54,68)(H,55,66)(H,56,67)/t23-,26-,27-,28-,29-,30-,31-,37-/m0/s1. The van der Waals surface area contributed by atoms with Crippen molar-refractivity contribution in [3.8, 4) is 5.75 Å². The number of hydrogen-bond donors (Lipinski definition) is 12. The van der Waals surface area contributed by atoms with E-state index < -0.39 is 170 Å². The van der Waals surface area contributed by atoms with Crippen molar-refractivity contribution in [1.82, 2.24) is 47.4 Å². The van der Waals surface area contributed by atoms with Crippen molar-refractivity contribution in [3.63, 3.8) is 0 Å². The lowest BCUT2D eigenvalue weighted by molar-refractivity contribution is -0.143. The van der Waals surface area contributed by atoms with Gasteiger partial charge in [0.1, 0.15) is 48.0 Å². The molecule has 12 amide bonds. The molecule has 1 aromatic carbocycles. The number of rotatable bonds is 16. The van der Waals surface area contributed by atoms with E-state index >= 15 is 0 Å². The van der Waals surface area contributed by atoms with E-state index in [0.717, 1.165) is 4.90 Å². The van der Waals surface area contributed by atoms with Gasteiger partial charge in [0.2, 0.25) is 70.9 Å². The first-order chi connectivity index (χ1) is 32.8. The van der Waals surface area contributed by atoms with Crippen LogP contribution in [-0.2, 0) is 64.0 Å². The molecule has 8 atom stereocenters. The molecule has 25 heteroatoms. The van der Waals surface area contributed by atoms with Crippen LogP contribution in [0, 0.1) is 11.3 Å². The van der Waals surface area contributed by atoms with E-state index in [1.807, 2.05) is 20.8 Å². The lowest BCUT2D eigenvalue weighted by Gasteiger charge is -2.32. The van der Waals surface area contributed by atoms with Gasteiger partial charge in [-0.1, -0.05) is 53.2 Å². The Labute approximate surface area is 405 Å². The van der Waals surface area contributed by atoms with Crippen LogP contribution in [-0.4, -0.2) is 143 Å². The normalized spacial score (nSPS) is 23.1. The van der Waals surface area contributed by atoms with Gasteiger partial charge in [-0.2, -0.15) is 0 Å². The number of phenolic OH excluding ortho intramolecular Hbond substituents is 1. The number of nitrogens with one attached hydrogen (secondary N) is 8. The Kier molecular flexibility index (Phi) is 21.5. The van der Waals surface area contributed by atoms with Crippen LogP contribution in [0.1, 0.15) is 98.0 Å². The Morgan fingerprint density at radius 1 is 0.786 bits per heavy atom. The van der Waals surface area contributed by atoms with Gasteiger partial charge >= 0.3 is 0 Å². The van der Waals surface area contributed by atoms with Crippen LogP contribution in [0.15, 0.2) is 24.3 Å². The second kappa shape index (κ2) is 26.4. The van der Waals surface area contributed by atoms with Gasteiger partial charge in [0.15, 0.2) is 0 Å². The Morgan fingerprint density at radius 2 is 1.40 bits per heavy atom. The van der Waals surface area contributed by atoms with Gasteiger partial charge in [0.05, 0.1) is 13.0 Å². The highest BCUT2D eigenvalue weighted by Crippen LogP contribution is 2.23. The van der Waals surface area contributed by atoms with Crippen molar-refractivity contribution in [1.29, 1.82) is 0 Å². The minimum absolute atomic E-state index is 0.0333. The summed E-state index contributed by atoms with van der Waals surface area (Å²) in [4.78, 5) is 161. The number of carbonyl (C=O) groups excluding carboxylic acids is 12. The maximum Gasteiger partial charge on any atom is 0.247 e. The summed E-state index contributed by atoms with van der Waals surface area (Å²) in [5.74, 6) is -11.4. The largest absolute Gasteiger partial charge is 0.508 e. The smallest absolute Gasteiger partial charge is 0.247 e. The zero-order valence-corrected chi connectivity index (χ0v) is 40.1. The summed E-state index contributed by atoms with van der Waals surface area (Å²) in [6.45, 7) is 7.60. The van der Waals surface area contributed by atoms with Crippen LogP contribution in [0.5, 0.6) is 5.75 Å². The molecule has 70 heavy (non-hydrogen) atoms. The fourth-order valence-electron chi connectivity index (χ4n) is 7.69. The summed E-state index contributed by atoms with van der Waals surface area (Å²) in [6.07, 6.45) is -2.05. The topological polar surface area (TPSA) is 403 Å². The highest BCUT2D eigenvalue weighted by Gasteiger charge is 2.41. The molecule has 25 nitrogen and oxygen atoms in total. The van der Waals surface area contributed by atoms with E-state index in [0.29, 0.717) is 12.0 Å². The van der Waals surface area contributed by atoms with Crippen LogP contribution >= 0.6 is 0 Å². The minimum atomic E-state index is -1.83. The molecule has 2 fully saturated rings. The summed E-state index contributed by atoms with van der Waals surface area (Å²) in [5.41, 5.74) is 16.1. The number of aromatic hydroxyl groups is 1. The van der Waals surface area contributed by atoms with E-state index in [2.05, 4.69) is 42.5 Å². The highest BCUT2D eigenvalue weighted by molar-refractivity contribution is 6.00. The van der Waals surface area contributed by atoms with E-state index in [1.165, 1.54) is 24.3 Å². The van der Waals surface area contributed by atoms with Crippen molar-refractivity contribution in [3.05, 3.63) is 29.8 Å². The number of carbonyl (C=O) groups is 12. The third kappa shape index (κ3) is 18.6. The zero-order chi connectivity index (χ0) is 52.5. The maximum absolute atomic E-state index is 14.5. The van der Waals surface area contributed by atoms with Gasteiger partial charge < -0.3 is 69.7 Å². The van der Waals surface area contributed by atoms with Crippen LogP contribution in [0.25, 0.3) is 0 Å². The van der Waals surface area contributed by atoms with Gasteiger partial charge in [-0.3, -0.25) is 57.5 Å². The van der Waals surface area contributed by atoms with Crippen molar-refractivity contribution in [2.24, 2.45) is 28.5 Å². The molecular formula is C45H68N12O13. The number of amides is 12. The molecule has 2 saturated heterocycles. The second-order valence-electron chi connectivity index (χ2n) is 18.7. The molecule has 386 valence electrons. The van der Waals surface area contributed by atoms with Gasteiger partial charge in [-0.25, -0.2) is 0 Å². The molecule has 0 radical (unpaired) electrons. The molecule has 1 aromatic rings. The molecule has 2 aliphatic heterocycles. The molecule has 2 heterocycles. The fourth-order valence-corrected chi connectivity index (χ4v) is 7.69. The number of benzene rings is 1. The number of primary amides is 3. The third-order valence-electron chi connectivity index (χ3n) is 11.6. The maximum atomic E-state index is 14.5. The highest BCUT2D eigenvalue weighted by atomic mass is 16.3. The first-order valence-electron chi connectivity index (χ1n) is 23.1. The lowest BCUT2D eigenvalue weighted by atomic mass is 9.87. The number of likely N-dealkylation sites (tertiary alicyclic amines) is 1. The number of nitrogens with zero attached hydrogens (tertiary/aromatic N) is 1. The molecule has 2 aliphatic rings. The molecule has 0 aromatic heterocycles. The summed E-state index contributed by atoms with van der Waals surface area (Å²) in [7, 11) is 0. The fraction of sp³-hybridized carbons (Fsp3) is 0.600. The minimum Gasteiger partial charge on any atom is -0.508 e. The third-order valence-corrected chi connectivity index (χ3v) is 11.6. The SMILES string of the molecule is CC[C@H](C)[C@@H]1NC(=O)[C@H](Cc2ccc(O)cc2)NC(=O)CCC(=O)NC[C@@H](C(=O)N2CCC[C@H]2C(=O)N[C@@H](CC(C)(C)C)C(=O)NCC(N)=O)NC(=O)[C@H](CC(N)=O)NC(=O)[C@H](CCC(N)=O)NC1=O. The lowest BCUT2D eigenvalue weighted by Crippen LogP contribution is -2.62. The van der Waals surface area contributed by atoms with Crippen molar-refractivity contribution in [2.75, 3.05) is 19.6 Å².